The molecule has 0 saturated carbocycles. The van der Waals surface area contributed by atoms with Gasteiger partial charge in [-0.1, -0.05) is 18.7 Å². The highest BCUT2D eigenvalue weighted by Crippen LogP contribution is 2.39. The van der Waals surface area contributed by atoms with Crippen LogP contribution in [-0.4, -0.2) is 22.8 Å². The summed E-state index contributed by atoms with van der Waals surface area (Å²) in [5.74, 6) is -0.799. The predicted molar refractivity (Wildman–Crippen MR) is 68.1 cm³/mol. The third-order valence-corrected chi connectivity index (χ3v) is 3.47. The number of phenols is 1. The Balaban J connectivity index is 2.13. The number of benzene rings is 1. The zero-order valence-electron chi connectivity index (χ0n) is 10.4. The number of ether oxygens (including phenoxy) is 1. The lowest BCUT2D eigenvalue weighted by Gasteiger charge is -2.16. The van der Waals surface area contributed by atoms with Crippen molar-refractivity contribution in [3.63, 3.8) is 0 Å². The summed E-state index contributed by atoms with van der Waals surface area (Å²) < 4.78 is 5.52. The predicted octanol–water partition coefficient (Wildman–Crippen LogP) is 2.39. The van der Waals surface area contributed by atoms with E-state index in [-0.39, 0.29) is 34.5 Å². The Kier molecular flexibility index (Phi) is 2.35. The van der Waals surface area contributed by atoms with Crippen LogP contribution in [0.5, 0.6) is 5.75 Å². The van der Waals surface area contributed by atoms with Crippen LogP contribution in [-0.2, 0) is 4.74 Å². The van der Waals surface area contributed by atoms with Crippen molar-refractivity contribution < 1.29 is 19.4 Å². The topological polar surface area (TPSA) is 63.6 Å². The van der Waals surface area contributed by atoms with Crippen LogP contribution >= 0.6 is 0 Å². The molecule has 3 rings (SSSR count). The Morgan fingerprint density at radius 1 is 1.37 bits per heavy atom. The van der Waals surface area contributed by atoms with Gasteiger partial charge in [0.2, 0.25) is 5.78 Å². The fourth-order valence-corrected chi connectivity index (χ4v) is 2.44. The standard InChI is InChI=1S/C15H12O4/c1-7(2)11-6-9-13(17)8-4-3-5-10(16)12(8)14(18)15(9)19-11/h3-5,11,16H,1,6H2,2H3. The minimum Gasteiger partial charge on any atom is -0.507 e. The van der Waals surface area contributed by atoms with Gasteiger partial charge in [-0.05, 0) is 18.6 Å². The number of rotatable bonds is 1. The van der Waals surface area contributed by atoms with Gasteiger partial charge in [0.15, 0.2) is 11.5 Å². The van der Waals surface area contributed by atoms with E-state index < -0.39 is 5.78 Å². The van der Waals surface area contributed by atoms with E-state index in [9.17, 15) is 14.7 Å². The molecule has 0 bridgehead atoms. The van der Waals surface area contributed by atoms with Crippen molar-refractivity contribution in [1.29, 1.82) is 0 Å². The summed E-state index contributed by atoms with van der Waals surface area (Å²) in [6.07, 6.45) is 0.0269. The largest absolute Gasteiger partial charge is 0.507 e. The van der Waals surface area contributed by atoms with Crippen molar-refractivity contribution in [2.75, 3.05) is 0 Å². The van der Waals surface area contributed by atoms with Gasteiger partial charge in [0.25, 0.3) is 0 Å². The average Bonchev–Trinajstić information content (AvgIpc) is 2.81. The maximum Gasteiger partial charge on any atom is 0.232 e. The zero-order chi connectivity index (χ0) is 13.7. The minimum absolute atomic E-state index is 0.0358. The van der Waals surface area contributed by atoms with Gasteiger partial charge in [-0.3, -0.25) is 9.59 Å². The smallest absolute Gasteiger partial charge is 0.232 e. The van der Waals surface area contributed by atoms with Crippen molar-refractivity contribution in [2.24, 2.45) is 0 Å². The second-order valence-corrected chi connectivity index (χ2v) is 4.82. The quantitative estimate of drug-likeness (QED) is 0.783. The van der Waals surface area contributed by atoms with E-state index in [1.165, 1.54) is 6.07 Å². The summed E-state index contributed by atoms with van der Waals surface area (Å²) in [4.78, 5) is 24.6. The molecule has 1 aromatic rings. The van der Waals surface area contributed by atoms with E-state index >= 15 is 0 Å². The van der Waals surface area contributed by atoms with Gasteiger partial charge in [0, 0.05) is 12.0 Å². The number of allylic oxidation sites excluding steroid dienone is 1. The van der Waals surface area contributed by atoms with Crippen LogP contribution < -0.4 is 0 Å². The van der Waals surface area contributed by atoms with E-state index in [4.69, 9.17) is 4.74 Å². The van der Waals surface area contributed by atoms with E-state index in [2.05, 4.69) is 6.58 Å². The van der Waals surface area contributed by atoms with Crippen LogP contribution in [0.25, 0.3) is 0 Å². The van der Waals surface area contributed by atoms with Crippen molar-refractivity contribution >= 4 is 11.6 Å². The molecule has 96 valence electrons. The lowest BCUT2D eigenvalue weighted by Crippen LogP contribution is -2.20. The highest BCUT2D eigenvalue weighted by atomic mass is 16.5. The molecule has 0 spiro atoms. The number of fused-ring (bicyclic) bond motifs is 1. The fourth-order valence-electron chi connectivity index (χ4n) is 2.44. The molecule has 1 aromatic carbocycles. The molecule has 4 heteroatoms. The number of phenolic OH excluding ortho intramolecular Hbond substituents is 1. The van der Waals surface area contributed by atoms with Gasteiger partial charge < -0.3 is 9.84 Å². The molecule has 1 atom stereocenters. The van der Waals surface area contributed by atoms with Gasteiger partial charge >= 0.3 is 0 Å². The Labute approximate surface area is 110 Å². The van der Waals surface area contributed by atoms with E-state index in [0.717, 1.165) is 5.57 Å². The number of aromatic hydroxyl groups is 1. The first-order valence-corrected chi connectivity index (χ1v) is 5.97. The summed E-state index contributed by atoms with van der Waals surface area (Å²) in [6, 6.07) is 4.49. The molecule has 4 nitrogen and oxygen atoms in total. The molecule has 0 amide bonds. The average molecular weight is 256 g/mol. The van der Waals surface area contributed by atoms with E-state index in [1.807, 2.05) is 0 Å². The molecule has 19 heavy (non-hydrogen) atoms. The maximum atomic E-state index is 12.3. The fraction of sp³-hybridized carbons (Fsp3) is 0.200. The molecule has 0 aromatic heterocycles. The van der Waals surface area contributed by atoms with Crippen LogP contribution in [0.3, 0.4) is 0 Å². The lowest BCUT2D eigenvalue weighted by molar-refractivity contribution is 0.0873. The first-order chi connectivity index (χ1) is 9.00. The van der Waals surface area contributed by atoms with Gasteiger partial charge in [-0.15, -0.1) is 0 Å². The molecule has 0 fully saturated rings. The molecule has 1 heterocycles. The molecule has 2 aliphatic rings. The maximum absolute atomic E-state index is 12.3. The monoisotopic (exact) mass is 256 g/mol. The third kappa shape index (κ3) is 1.53. The van der Waals surface area contributed by atoms with Gasteiger partial charge in [0.1, 0.15) is 11.9 Å². The first kappa shape index (κ1) is 11.7. The van der Waals surface area contributed by atoms with Crippen LogP contribution in [0.15, 0.2) is 41.7 Å². The third-order valence-electron chi connectivity index (χ3n) is 3.47. The van der Waals surface area contributed by atoms with Crippen molar-refractivity contribution in [1.82, 2.24) is 0 Å². The van der Waals surface area contributed by atoms with Crippen molar-refractivity contribution in [3.8, 4) is 5.75 Å². The number of Topliss-reactive ketones (excluding diaryl/α,β-unsaturated/α-hetero) is 2. The number of hydrogen-bond acceptors (Lipinski definition) is 4. The number of carbonyl (C=O) groups is 2. The lowest BCUT2D eigenvalue weighted by atomic mass is 9.86. The second kappa shape index (κ2) is 3.82. The van der Waals surface area contributed by atoms with Crippen molar-refractivity contribution in [2.45, 2.75) is 19.4 Å². The highest BCUT2D eigenvalue weighted by molar-refractivity contribution is 6.27. The second-order valence-electron chi connectivity index (χ2n) is 4.82. The van der Waals surface area contributed by atoms with Crippen LogP contribution in [0.2, 0.25) is 0 Å². The summed E-state index contributed by atoms with van der Waals surface area (Å²) in [5.41, 5.74) is 1.43. The molecular formula is C15H12O4. The van der Waals surface area contributed by atoms with Crippen LogP contribution in [0, 0.1) is 0 Å². The molecule has 1 aliphatic heterocycles. The van der Waals surface area contributed by atoms with E-state index in [1.54, 1.807) is 19.1 Å². The molecule has 1 aliphatic carbocycles. The Morgan fingerprint density at radius 3 is 2.79 bits per heavy atom. The van der Waals surface area contributed by atoms with Gasteiger partial charge in [-0.25, -0.2) is 0 Å². The molecular weight excluding hydrogens is 244 g/mol. The first-order valence-electron chi connectivity index (χ1n) is 5.97. The van der Waals surface area contributed by atoms with Crippen LogP contribution in [0.4, 0.5) is 0 Å². The van der Waals surface area contributed by atoms with E-state index in [0.29, 0.717) is 12.0 Å². The number of ketones is 2. The summed E-state index contributed by atoms with van der Waals surface area (Å²) in [6.45, 7) is 5.58. The van der Waals surface area contributed by atoms with Crippen molar-refractivity contribution in [3.05, 3.63) is 52.8 Å². The summed E-state index contributed by atoms with van der Waals surface area (Å²) >= 11 is 0. The Hall–Kier alpha value is -2.36. The molecule has 1 unspecified atom stereocenters. The van der Waals surface area contributed by atoms with Crippen LogP contribution in [0.1, 0.15) is 34.1 Å². The van der Waals surface area contributed by atoms with Gasteiger partial charge in [0.05, 0.1) is 11.1 Å². The molecule has 1 N–H and O–H groups in total. The zero-order valence-corrected chi connectivity index (χ0v) is 10.4. The normalized spacial score (nSPS) is 21.0. The summed E-state index contributed by atoms with van der Waals surface area (Å²) in [5, 5.41) is 9.77. The SMILES string of the molecule is C=C(C)C1CC2=C(O1)C(=O)c1c(O)cccc1C2=O. The highest BCUT2D eigenvalue weighted by Gasteiger charge is 2.41. The molecule has 0 saturated heterocycles. The van der Waals surface area contributed by atoms with Gasteiger partial charge in [-0.2, -0.15) is 0 Å². The summed E-state index contributed by atoms with van der Waals surface area (Å²) in [7, 11) is 0. The minimum atomic E-state index is -0.425. The number of carbonyl (C=O) groups excluding carboxylic acids is 2. The molecule has 0 radical (unpaired) electrons. The Morgan fingerprint density at radius 2 is 2.11 bits per heavy atom. The number of hydrogen-bond donors (Lipinski definition) is 1. The Bertz CT molecular complexity index is 667.